The summed E-state index contributed by atoms with van der Waals surface area (Å²) < 4.78 is 8.02. The van der Waals surface area contributed by atoms with Gasteiger partial charge in [0.05, 0.1) is 18.5 Å². The number of rotatable bonds is 6. The van der Waals surface area contributed by atoms with E-state index in [9.17, 15) is 0 Å². The van der Waals surface area contributed by atoms with Gasteiger partial charge in [0.1, 0.15) is 0 Å². The highest BCUT2D eigenvalue weighted by atomic mass is 32.1. The summed E-state index contributed by atoms with van der Waals surface area (Å²) in [6, 6.07) is 4.36. The molecule has 1 aliphatic heterocycles. The summed E-state index contributed by atoms with van der Waals surface area (Å²) in [6.45, 7) is 4.86. The molecule has 0 bridgehead atoms. The van der Waals surface area contributed by atoms with Crippen LogP contribution in [0.2, 0.25) is 0 Å². The lowest BCUT2D eigenvalue weighted by molar-refractivity contribution is 0.0887. The van der Waals surface area contributed by atoms with E-state index in [1.54, 1.807) is 0 Å². The van der Waals surface area contributed by atoms with Crippen LogP contribution in [0, 0.1) is 5.92 Å². The summed E-state index contributed by atoms with van der Waals surface area (Å²) in [4.78, 5) is 3.96. The second-order valence-electron chi connectivity index (χ2n) is 6.60. The highest BCUT2D eigenvalue weighted by Crippen LogP contribution is 2.32. The van der Waals surface area contributed by atoms with Crippen LogP contribution in [0.15, 0.2) is 23.7 Å². The molecule has 0 N–H and O–H groups in total. The van der Waals surface area contributed by atoms with Crippen molar-refractivity contribution < 1.29 is 4.74 Å². The van der Waals surface area contributed by atoms with Crippen LogP contribution < -0.4 is 0 Å². The molecule has 0 aromatic carbocycles. The minimum atomic E-state index is 0.455. The van der Waals surface area contributed by atoms with Crippen molar-refractivity contribution in [3.05, 3.63) is 39.8 Å². The average molecular weight is 317 g/mol. The Labute approximate surface area is 135 Å². The molecule has 1 fully saturated rings. The number of nitrogens with zero attached hydrogens (tertiary/aromatic N) is 3. The van der Waals surface area contributed by atoms with Gasteiger partial charge >= 0.3 is 0 Å². The van der Waals surface area contributed by atoms with E-state index in [4.69, 9.17) is 4.74 Å². The highest BCUT2D eigenvalue weighted by molar-refractivity contribution is 7.09. The quantitative estimate of drug-likeness (QED) is 0.820. The van der Waals surface area contributed by atoms with Crippen molar-refractivity contribution in [2.45, 2.75) is 31.8 Å². The maximum atomic E-state index is 5.99. The number of fused-ring (bicyclic) bond motifs is 1. The molecule has 1 atom stereocenters. The maximum absolute atomic E-state index is 5.99. The zero-order valence-corrected chi connectivity index (χ0v) is 13.9. The van der Waals surface area contributed by atoms with Gasteiger partial charge in [-0.2, -0.15) is 5.10 Å². The van der Waals surface area contributed by atoms with Crippen LogP contribution in [0.4, 0.5) is 0 Å². The standard InChI is InChI=1S/C17H23N3OS/c1-19-17-10-20(9-15-3-2-6-22-15)8-14(16(17)7-18-19)12-21-11-13-4-5-13/h2-3,6-7,13-14H,4-5,8-12H2,1H3/t14-/m0/s1. The molecule has 0 unspecified atom stereocenters. The first-order chi connectivity index (χ1) is 10.8. The largest absolute Gasteiger partial charge is 0.380 e. The molecule has 22 heavy (non-hydrogen) atoms. The highest BCUT2D eigenvalue weighted by Gasteiger charge is 2.29. The molecule has 4 nitrogen and oxygen atoms in total. The molecule has 2 aromatic heterocycles. The summed E-state index contributed by atoms with van der Waals surface area (Å²) in [7, 11) is 2.05. The Morgan fingerprint density at radius 1 is 1.36 bits per heavy atom. The van der Waals surface area contributed by atoms with Crippen molar-refractivity contribution in [2.75, 3.05) is 19.8 Å². The third kappa shape index (κ3) is 3.12. The van der Waals surface area contributed by atoms with Gasteiger partial charge in [-0.1, -0.05) is 6.07 Å². The smallest absolute Gasteiger partial charge is 0.0557 e. The molecule has 0 amide bonds. The average Bonchev–Trinajstić information content (AvgIpc) is 3.05. The first-order valence-electron chi connectivity index (χ1n) is 8.13. The van der Waals surface area contributed by atoms with Gasteiger partial charge < -0.3 is 4.74 Å². The van der Waals surface area contributed by atoms with E-state index in [-0.39, 0.29) is 0 Å². The molecule has 2 aromatic rings. The van der Waals surface area contributed by atoms with Gasteiger partial charge in [-0.3, -0.25) is 9.58 Å². The Kier molecular flexibility index (Phi) is 4.03. The minimum Gasteiger partial charge on any atom is -0.380 e. The van der Waals surface area contributed by atoms with E-state index >= 15 is 0 Å². The van der Waals surface area contributed by atoms with E-state index in [2.05, 4.69) is 34.6 Å². The molecule has 0 saturated heterocycles. The molecule has 1 aliphatic carbocycles. The van der Waals surface area contributed by atoms with Crippen molar-refractivity contribution >= 4 is 11.3 Å². The van der Waals surface area contributed by atoms with Crippen molar-refractivity contribution in [3.8, 4) is 0 Å². The van der Waals surface area contributed by atoms with E-state index < -0.39 is 0 Å². The number of aromatic nitrogens is 2. The summed E-state index contributed by atoms with van der Waals surface area (Å²) in [5.74, 6) is 1.29. The molecule has 1 saturated carbocycles. The lowest BCUT2D eigenvalue weighted by Crippen LogP contribution is -2.35. The predicted octanol–water partition coefficient (Wildman–Crippen LogP) is 3.01. The fraction of sp³-hybridized carbons (Fsp3) is 0.588. The molecule has 0 spiro atoms. The van der Waals surface area contributed by atoms with Crippen molar-refractivity contribution in [1.29, 1.82) is 0 Å². The maximum Gasteiger partial charge on any atom is 0.0557 e. The molecular weight excluding hydrogens is 294 g/mol. The van der Waals surface area contributed by atoms with E-state index in [1.807, 2.05) is 22.2 Å². The summed E-state index contributed by atoms with van der Waals surface area (Å²) in [5.41, 5.74) is 2.74. The molecule has 118 valence electrons. The Morgan fingerprint density at radius 2 is 2.27 bits per heavy atom. The number of hydrogen-bond acceptors (Lipinski definition) is 4. The molecule has 0 radical (unpaired) electrons. The van der Waals surface area contributed by atoms with Crippen molar-refractivity contribution in [2.24, 2.45) is 13.0 Å². The summed E-state index contributed by atoms with van der Waals surface area (Å²) in [6.07, 6.45) is 4.75. The van der Waals surface area contributed by atoms with Crippen LogP contribution in [0.25, 0.3) is 0 Å². The number of thiophene rings is 1. The van der Waals surface area contributed by atoms with Crippen LogP contribution in [0.5, 0.6) is 0 Å². The normalized spacial score (nSPS) is 22.0. The van der Waals surface area contributed by atoms with E-state index in [1.165, 1.54) is 29.0 Å². The zero-order valence-electron chi connectivity index (χ0n) is 13.1. The SMILES string of the molecule is Cn1ncc2c1CN(Cc1cccs1)C[C@H]2COCC1CC1. The zero-order chi connectivity index (χ0) is 14.9. The molecule has 2 aliphatic rings. The van der Waals surface area contributed by atoms with Gasteiger partial charge in [-0.15, -0.1) is 11.3 Å². The van der Waals surface area contributed by atoms with Crippen LogP contribution in [0.1, 0.15) is 34.9 Å². The number of aryl methyl sites for hydroxylation is 1. The Bertz CT molecular complexity index is 618. The fourth-order valence-corrected chi connectivity index (χ4v) is 3.99. The van der Waals surface area contributed by atoms with Crippen LogP contribution in [-0.4, -0.2) is 34.4 Å². The van der Waals surface area contributed by atoms with Crippen molar-refractivity contribution in [3.63, 3.8) is 0 Å². The Hall–Kier alpha value is -1.17. The van der Waals surface area contributed by atoms with Gasteiger partial charge in [-0.25, -0.2) is 0 Å². The first-order valence-corrected chi connectivity index (χ1v) is 9.01. The lowest BCUT2D eigenvalue weighted by Gasteiger charge is -2.32. The molecular formula is C17H23N3OS. The Balaban J connectivity index is 1.46. The molecule has 5 heteroatoms. The van der Waals surface area contributed by atoms with Crippen molar-refractivity contribution in [1.82, 2.24) is 14.7 Å². The topological polar surface area (TPSA) is 30.3 Å². The number of ether oxygens (including phenoxy) is 1. The van der Waals surface area contributed by atoms with Crippen LogP contribution in [-0.2, 0) is 24.9 Å². The monoisotopic (exact) mass is 317 g/mol. The van der Waals surface area contributed by atoms with Gasteiger partial charge in [0.15, 0.2) is 0 Å². The van der Waals surface area contributed by atoms with Gasteiger partial charge in [0, 0.05) is 49.6 Å². The second-order valence-corrected chi connectivity index (χ2v) is 7.63. The second kappa shape index (κ2) is 6.14. The van der Waals surface area contributed by atoms with Crippen LogP contribution >= 0.6 is 11.3 Å². The van der Waals surface area contributed by atoms with Gasteiger partial charge in [0.2, 0.25) is 0 Å². The fourth-order valence-electron chi connectivity index (χ4n) is 3.25. The minimum absolute atomic E-state index is 0.455. The van der Waals surface area contributed by atoms with Gasteiger partial charge in [0.25, 0.3) is 0 Å². The number of hydrogen-bond donors (Lipinski definition) is 0. The molecule has 4 rings (SSSR count). The third-order valence-corrected chi connectivity index (χ3v) is 5.58. The van der Waals surface area contributed by atoms with E-state index in [0.717, 1.165) is 38.8 Å². The molecule has 3 heterocycles. The third-order valence-electron chi connectivity index (χ3n) is 4.71. The Morgan fingerprint density at radius 3 is 3.05 bits per heavy atom. The lowest BCUT2D eigenvalue weighted by atomic mass is 9.95. The van der Waals surface area contributed by atoms with Gasteiger partial charge in [-0.05, 0) is 30.2 Å². The van der Waals surface area contributed by atoms with E-state index in [0.29, 0.717) is 5.92 Å². The summed E-state index contributed by atoms with van der Waals surface area (Å²) in [5, 5.41) is 6.63. The summed E-state index contributed by atoms with van der Waals surface area (Å²) >= 11 is 1.84. The van der Waals surface area contributed by atoms with Crippen LogP contribution in [0.3, 0.4) is 0 Å². The first kappa shape index (κ1) is 14.4. The predicted molar refractivity (Wildman–Crippen MR) is 87.9 cm³/mol.